The van der Waals surface area contributed by atoms with E-state index in [1.165, 1.54) is 12.8 Å². The largest absolute Gasteiger partial charge is 0.491 e. The number of sulfone groups is 1. The molecule has 0 amide bonds. The van der Waals surface area contributed by atoms with Gasteiger partial charge in [0.15, 0.2) is 9.84 Å². The maximum Gasteiger partial charge on any atom is 0.153 e. The van der Waals surface area contributed by atoms with Crippen molar-refractivity contribution >= 4 is 21.4 Å². The molecule has 1 fully saturated rings. The zero-order valence-electron chi connectivity index (χ0n) is 11.6. The molecule has 0 saturated heterocycles. The van der Waals surface area contributed by atoms with Crippen LogP contribution in [0.25, 0.3) is 0 Å². The van der Waals surface area contributed by atoms with Crippen molar-refractivity contribution in [1.82, 2.24) is 5.32 Å². The number of hydrogen-bond donors (Lipinski definition) is 1. The molecule has 0 aliphatic heterocycles. The molecule has 1 N–H and O–H groups in total. The summed E-state index contributed by atoms with van der Waals surface area (Å²) in [6, 6.07) is 6.18. The van der Waals surface area contributed by atoms with Crippen LogP contribution < -0.4 is 10.1 Å². The lowest BCUT2D eigenvalue weighted by Crippen LogP contribution is -2.18. The smallest absolute Gasteiger partial charge is 0.153 e. The van der Waals surface area contributed by atoms with Crippen LogP contribution in [0, 0.1) is 0 Å². The lowest BCUT2D eigenvalue weighted by atomic mass is 10.2. The zero-order chi connectivity index (χ0) is 14.6. The Balaban J connectivity index is 1.97. The Kier molecular flexibility index (Phi) is 5.29. The minimum Gasteiger partial charge on any atom is -0.491 e. The van der Waals surface area contributed by atoms with E-state index in [0.717, 1.165) is 5.56 Å². The summed E-state index contributed by atoms with van der Waals surface area (Å²) in [5.74, 6) is 0.743. The number of halogens is 1. The van der Waals surface area contributed by atoms with Gasteiger partial charge in [-0.2, -0.15) is 0 Å². The van der Waals surface area contributed by atoms with Crippen LogP contribution in [-0.2, 0) is 16.4 Å². The predicted octanol–water partition coefficient (Wildman–Crippen LogP) is 2.41. The number of ether oxygens (including phenoxy) is 1. The van der Waals surface area contributed by atoms with Crippen molar-refractivity contribution in [3.05, 3.63) is 28.8 Å². The van der Waals surface area contributed by atoms with Gasteiger partial charge in [0.1, 0.15) is 12.4 Å². The Morgan fingerprint density at radius 3 is 2.80 bits per heavy atom. The molecule has 1 saturated carbocycles. The van der Waals surface area contributed by atoms with E-state index in [1.807, 2.05) is 12.1 Å². The van der Waals surface area contributed by atoms with Crippen LogP contribution in [0.3, 0.4) is 0 Å². The highest BCUT2D eigenvalue weighted by molar-refractivity contribution is 7.91. The van der Waals surface area contributed by atoms with Crippen molar-refractivity contribution in [2.24, 2.45) is 0 Å². The Hall–Kier alpha value is -0.780. The van der Waals surface area contributed by atoms with Gasteiger partial charge in [0.2, 0.25) is 0 Å². The molecule has 4 nitrogen and oxygen atoms in total. The molecule has 112 valence electrons. The van der Waals surface area contributed by atoms with Gasteiger partial charge in [-0.3, -0.25) is 0 Å². The molecule has 0 atom stereocenters. The lowest BCUT2D eigenvalue weighted by Gasteiger charge is -2.13. The maximum atomic E-state index is 11.5. The summed E-state index contributed by atoms with van der Waals surface area (Å²) >= 11 is 6.14. The molecule has 0 radical (unpaired) electrons. The number of benzene rings is 1. The summed E-state index contributed by atoms with van der Waals surface area (Å²) in [4.78, 5) is 0. The van der Waals surface area contributed by atoms with E-state index in [1.54, 1.807) is 13.0 Å². The monoisotopic (exact) mass is 317 g/mol. The van der Waals surface area contributed by atoms with Crippen LogP contribution in [0.2, 0.25) is 5.02 Å². The molecule has 1 aromatic rings. The first-order valence-electron chi connectivity index (χ1n) is 6.86. The highest BCUT2D eigenvalue weighted by atomic mass is 35.5. The van der Waals surface area contributed by atoms with E-state index in [-0.39, 0.29) is 18.1 Å². The molecule has 0 spiro atoms. The van der Waals surface area contributed by atoms with Crippen molar-refractivity contribution in [2.75, 3.05) is 18.1 Å². The predicted molar refractivity (Wildman–Crippen MR) is 81.1 cm³/mol. The number of nitrogens with one attached hydrogen (secondary N) is 1. The first-order valence-corrected chi connectivity index (χ1v) is 9.06. The molecule has 1 aliphatic rings. The Morgan fingerprint density at radius 1 is 1.40 bits per heavy atom. The van der Waals surface area contributed by atoms with Gasteiger partial charge in [0, 0.05) is 23.9 Å². The third-order valence-electron chi connectivity index (χ3n) is 3.29. The van der Waals surface area contributed by atoms with Gasteiger partial charge in [-0.1, -0.05) is 30.7 Å². The molecule has 0 unspecified atom stereocenters. The van der Waals surface area contributed by atoms with E-state index in [2.05, 4.69) is 5.32 Å². The van der Waals surface area contributed by atoms with Crippen LogP contribution in [-0.4, -0.2) is 32.6 Å². The van der Waals surface area contributed by atoms with Crippen molar-refractivity contribution in [3.8, 4) is 5.75 Å². The van der Waals surface area contributed by atoms with Gasteiger partial charge in [0.25, 0.3) is 0 Å². The van der Waals surface area contributed by atoms with Gasteiger partial charge in [-0.25, -0.2) is 8.42 Å². The Labute approximate surface area is 125 Å². The minimum atomic E-state index is -3.01. The van der Waals surface area contributed by atoms with E-state index in [0.29, 0.717) is 23.4 Å². The summed E-state index contributed by atoms with van der Waals surface area (Å²) in [6.07, 6.45) is 2.43. The third kappa shape index (κ3) is 4.65. The van der Waals surface area contributed by atoms with Gasteiger partial charge in [-0.05, 0) is 18.9 Å². The third-order valence-corrected chi connectivity index (χ3v) is 5.25. The summed E-state index contributed by atoms with van der Waals surface area (Å²) in [6.45, 7) is 2.47. The molecule has 2 rings (SSSR count). The Morgan fingerprint density at radius 2 is 2.15 bits per heavy atom. The second-order valence-corrected chi connectivity index (χ2v) is 7.85. The first kappa shape index (κ1) is 15.6. The highest BCUT2D eigenvalue weighted by Gasteiger charge is 2.21. The van der Waals surface area contributed by atoms with Crippen LogP contribution in [0.15, 0.2) is 18.2 Å². The fourth-order valence-corrected chi connectivity index (χ4v) is 2.69. The average Bonchev–Trinajstić information content (AvgIpc) is 3.23. The standard InChI is InChI=1S/C14H20ClNO3S/c1-2-20(17,18)9-8-19-14-11(4-3-5-13(14)15)10-16-12-6-7-12/h3-5,12,16H,2,6-10H2,1H3. The van der Waals surface area contributed by atoms with Crippen LogP contribution in [0.5, 0.6) is 5.75 Å². The van der Waals surface area contributed by atoms with E-state index >= 15 is 0 Å². The van der Waals surface area contributed by atoms with Crippen molar-refractivity contribution in [2.45, 2.75) is 32.4 Å². The SMILES string of the molecule is CCS(=O)(=O)CCOc1c(Cl)cccc1CNC1CC1. The fourth-order valence-electron chi connectivity index (χ4n) is 1.81. The molecule has 6 heteroatoms. The normalized spacial score (nSPS) is 15.3. The topological polar surface area (TPSA) is 55.4 Å². The van der Waals surface area contributed by atoms with Gasteiger partial charge >= 0.3 is 0 Å². The first-order chi connectivity index (χ1) is 9.52. The second kappa shape index (κ2) is 6.78. The van der Waals surface area contributed by atoms with Gasteiger partial charge in [0.05, 0.1) is 10.8 Å². The van der Waals surface area contributed by atoms with Crippen LogP contribution in [0.1, 0.15) is 25.3 Å². The van der Waals surface area contributed by atoms with E-state index in [4.69, 9.17) is 16.3 Å². The molecule has 1 aromatic carbocycles. The van der Waals surface area contributed by atoms with E-state index < -0.39 is 9.84 Å². The summed E-state index contributed by atoms with van der Waals surface area (Å²) in [5, 5.41) is 3.92. The molecule has 1 aliphatic carbocycles. The zero-order valence-corrected chi connectivity index (χ0v) is 13.1. The van der Waals surface area contributed by atoms with Gasteiger partial charge in [-0.15, -0.1) is 0 Å². The van der Waals surface area contributed by atoms with Crippen LogP contribution >= 0.6 is 11.6 Å². The van der Waals surface area contributed by atoms with E-state index in [9.17, 15) is 8.42 Å². The quantitative estimate of drug-likeness (QED) is 0.800. The fraction of sp³-hybridized carbons (Fsp3) is 0.571. The lowest BCUT2D eigenvalue weighted by molar-refractivity contribution is 0.336. The van der Waals surface area contributed by atoms with Crippen molar-refractivity contribution < 1.29 is 13.2 Å². The number of para-hydroxylation sites is 1. The molecule has 0 heterocycles. The summed E-state index contributed by atoms with van der Waals surface area (Å²) in [5.41, 5.74) is 0.971. The summed E-state index contributed by atoms with van der Waals surface area (Å²) < 4.78 is 28.5. The molecular weight excluding hydrogens is 298 g/mol. The van der Waals surface area contributed by atoms with Crippen LogP contribution in [0.4, 0.5) is 0 Å². The van der Waals surface area contributed by atoms with Crippen molar-refractivity contribution in [1.29, 1.82) is 0 Å². The average molecular weight is 318 g/mol. The van der Waals surface area contributed by atoms with Crippen molar-refractivity contribution in [3.63, 3.8) is 0 Å². The summed E-state index contributed by atoms with van der Waals surface area (Å²) in [7, 11) is -3.01. The molecule has 0 aromatic heterocycles. The molecular formula is C14H20ClNO3S. The van der Waals surface area contributed by atoms with Gasteiger partial charge < -0.3 is 10.1 Å². The minimum absolute atomic E-state index is 0.0181. The number of rotatable bonds is 8. The molecule has 0 bridgehead atoms. The maximum absolute atomic E-state index is 11.5. The second-order valence-electron chi connectivity index (χ2n) is 4.97. The Bertz CT molecular complexity index is 556. The number of hydrogen-bond acceptors (Lipinski definition) is 4. The highest BCUT2D eigenvalue weighted by Crippen LogP contribution is 2.29. The molecule has 20 heavy (non-hydrogen) atoms.